The van der Waals surface area contributed by atoms with E-state index in [9.17, 15) is 9.59 Å². The van der Waals surface area contributed by atoms with Gasteiger partial charge in [0.05, 0.1) is 38.6 Å². The molecule has 7 nitrogen and oxygen atoms in total. The SMILES string of the molecule is COC(=O)c1cc2cc(OC(C)C)c(OC)cc2c(-c2ccncc2)c1C(=O)OC. The highest BCUT2D eigenvalue weighted by Crippen LogP contribution is 2.41. The third-order valence-corrected chi connectivity index (χ3v) is 4.55. The zero-order valence-electron chi connectivity index (χ0n) is 17.5. The van der Waals surface area contributed by atoms with Crippen molar-refractivity contribution in [3.8, 4) is 22.6 Å². The van der Waals surface area contributed by atoms with Gasteiger partial charge in [0.1, 0.15) is 0 Å². The molecule has 0 unspecified atom stereocenters. The smallest absolute Gasteiger partial charge is 0.339 e. The van der Waals surface area contributed by atoms with E-state index in [4.69, 9.17) is 18.9 Å². The first-order chi connectivity index (χ1) is 14.4. The maximum absolute atomic E-state index is 12.8. The molecule has 1 heterocycles. The molecule has 0 bridgehead atoms. The number of ether oxygens (including phenoxy) is 4. The van der Waals surface area contributed by atoms with Crippen molar-refractivity contribution in [3.63, 3.8) is 0 Å². The number of hydrogen-bond acceptors (Lipinski definition) is 7. The van der Waals surface area contributed by atoms with Crippen LogP contribution in [0.2, 0.25) is 0 Å². The maximum Gasteiger partial charge on any atom is 0.339 e. The van der Waals surface area contributed by atoms with E-state index in [0.29, 0.717) is 33.4 Å². The summed E-state index contributed by atoms with van der Waals surface area (Å²) in [6.07, 6.45) is 3.14. The molecule has 1 aromatic heterocycles. The van der Waals surface area contributed by atoms with Crippen molar-refractivity contribution in [3.05, 3.63) is 53.9 Å². The largest absolute Gasteiger partial charge is 0.493 e. The third kappa shape index (κ3) is 3.91. The molecule has 156 valence electrons. The molecule has 30 heavy (non-hydrogen) atoms. The number of pyridine rings is 1. The molecular weight excluding hydrogens is 386 g/mol. The van der Waals surface area contributed by atoms with Crippen LogP contribution in [0.1, 0.15) is 34.6 Å². The zero-order valence-corrected chi connectivity index (χ0v) is 17.5. The quantitative estimate of drug-likeness (QED) is 0.562. The Morgan fingerprint density at radius 3 is 2.13 bits per heavy atom. The average molecular weight is 409 g/mol. The number of nitrogens with zero attached hydrogens (tertiary/aromatic N) is 1. The van der Waals surface area contributed by atoms with Crippen molar-refractivity contribution in [2.75, 3.05) is 21.3 Å². The molecular formula is C23H23NO6. The van der Waals surface area contributed by atoms with Gasteiger partial charge in [0, 0.05) is 18.0 Å². The molecule has 0 spiro atoms. The summed E-state index contributed by atoms with van der Waals surface area (Å²) in [6, 6.07) is 8.69. The number of benzene rings is 2. The van der Waals surface area contributed by atoms with Gasteiger partial charge in [-0.1, -0.05) is 0 Å². The van der Waals surface area contributed by atoms with Crippen LogP contribution in [0.15, 0.2) is 42.7 Å². The lowest BCUT2D eigenvalue weighted by Gasteiger charge is -2.19. The highest BCUT2D eigenvalue weighted by molar-refractivity contribution is 6.15. The monoisotopic (exact) mass is 409 g/mol. The Balaban J connectivity index is 2.49. The molecule has 0 aliphatic heterocycles. The van der Waals surface area contributed by atoms with Crippen molar-refractivity contribution in [2.45, 2.75) is 20.0 Å². The topological polar surface area (TPSA) is 84.0 Å². The van der Waals surface area contributed by atoms with Crippen LogP contribution in [-0.2, 0) is 9.47 Å². The summed E-state index contributed by atoms with van der Waals surface area (Å²) >= 11 is 0. The first-order valence-electron chi connectivity index (χ1n) is 9.33. The van der Waals surface area contributed by atoms with E-state index >= 15 is 0 Å². The van der Waals surface area contributed by atoms with E-state index in [-0.39, 0.29) is 17.2 Å². The van der Waals surface area contributed by atoms with Crippen LogP contribution in [0.25, 0.3) is 21.9 Å². The molecule has 3 aromatic rings. The van der Waals surface area contributed by atoms with Crippen molar-refractivity contribution in [1.82, 2.24) is 4.98 Å². The summed E-state index contributed by atoms with van der Waals surface area (Å²) in [5.74, 6) is -0.254. The highest BCUT2D eigenvalue weighted by Gasteiger charge is 2.27. The molecule has 7 heteroatoms. The van der Waals surface area contributed by atoms with Gasteiger partial charge in [-0.2, -0.15) is 0 Å². The van der Waals surface area contributed by atoms with E-state index in [2.05, 4.69) is 4.98 Å². The molecule has 0 atom stereocenters. The van der Waals surface area contributed by atoms with Gasteiger partial charge in [-0.15, -0.1) is 0 Å². The van der Waals surface area contributed by atoms with Crippen LogP contribution in [0.5, 0.6) is 11.5 Å². The first kappa shape index (κ1) is 21.1. The van der Waals surface area contributed by atoms with Crippen molar-refractivity contribution in [2.24, 2.45) is 0 Å². The number of esters is 2. The minimum atomic E-state index is -0.648. The van der Waals surface area contributed by atoms with Crippen molar-refractivity contribution in [1.29, 1.82) is 0 Å². The Labute approximate surface area is 174 Å². The Morgan fingerprint density at radius 1 is 0.900 bits per heavy atom. The van der Waals surface area contributed by atoms with Gasteiger partial charge in [-0.05, 0) is 60.5 Å². The summed E-state index contributed by atoms with van der Waals surface area (Å²) in [4.78, 5) is 29.4. The van der Waals surface area contributed by atoms with E-state index in [1.165, 1.54) is 14.2 Å². The van der Waals surface area contributed by atoms with E-state index in [1.54, 1.807) is 49.8 Å². The predicted molar refractivity (Wildman–Crippen MR) is 112 cm³/mol. The second-order valence-corrected chi connectivity index (χ2v) is 6.78. The molecule has 0 aliphatic carbocycles. The Kier molecular flexibility index (Phi) is 6.20. The standard InChI is InChI=1S/C23H23NO6/c1-13(2)30-19-11-15-10-17(22(25)28-4)21(23(26)29-5)20(14-6-8-24-9-7-14)16(15)12-18(19)27-3/h6-13H,1-5H3. The number of methoxy groups -OCH3 is 3. The predicted octanol–water partition coefficient (Wildman–Crippen LogP) is 4.27. The molecule has 0 saturated carbocycles. The van der Waals surface area contributed by atoms with Crippen LogP contribution in [0.3, 0.4) is 0 Å². The molecule has 2 aromatic carbocycles. The number of fused-ring (bicyclic) bond motifs is 1. The molecule has 0 aliphatic rings. The van der Waals surface area contributed by atoms with Crippen LogP contribution in [0.4, 0.5) is 0 Å². The molecule has 0 fully saturated rings. The van der Waals surface area contributed by atoms with E-state index in [1.807, 2.05) is 13.8 Å². The zero-order chi connectivity index (χ0) is 21.8. The lowest BCUT2D eigenvalue weighted by molar-refractivity contribution is 0.0556. The minimum Gasteiger partial charge on any atom is -0.493 e. The molecule has 0 radical (unpaired) electrons. The number of rotatable bonds is 6. The summed E-state index contributed by atoms with van der Waals surface area (Å²) in [5, 5.41) is 1.38. The fourth-order valence-corrected chi connectivity index (χ4v) is 3.32. The Morgan fingerprint density at radius 2 is 1.57 bits per heavy atom. The van der Waals surface area contributed by atoms with Gasteiger partial charge < -0.3 is 18.9 Å². The lowest BCUT2D eigenvalue weighted by atomic mass is 9.89. The van der Waals surface area contributed by atoms with Gasteiger partial charge in [0.25, 0.3) is 0 Å². The average Bonchev–Trinajstić information content (AvgIpc) is 2.76. The van der Waals surface area contributed by atoms with Gasteiger partial charge in [-0.3, -0.25) is 4.98 Å². The van der Waals surface area contributed by atoms with Crippen LogP contribution in [0, 0.1) is 0 Å². The minimum absolute atomic E-state index is 0.0783. The molecule has 0 amide bonds. The number of aromatic nitrogens is 1. The summed E-state index contributed by atoms with van der Waals surface area (Å²) in [5.41, 5.74) is 1.43. The molecule has 3 rings (SSSR count). The van der Waals surface area contributed by atoms with Crippen LogP contribution in [-0.4, -0.2) is 44.4 Å². The van der Waals surface area contributed by atoms with Gasteiger partial charge in [-0.25, -0.2) is 9.59 Å². The normalized spacial score (nSPS) is 10.7. The Hall–Kier alpha value is -3.61. The first-order valence-corrected chi connectivity index (χ1v) is 9.33. The second kappa shape index (κ2) is 8.82. The van der Waals surface area contributed by atoms with Crippen LogP contribution >= 0.6 is 0 Å². The van der Waals surface area contributed by atoms with Gasteiger partial charge in [0.2, 0.25) is 0 Å². The van der Waals surface area contributed by atoms with Gasteiger partial charge >= 0.3 is 11.9 Å². The maximum atomic E-state index is 12.8. The fraction of sp³-hybridized carbons (Fsp3) is 0.261. The summed E-state index contributed by atoms with van der Waals surface area (Å²) in [6.45, 7) is 3.82. The molecule has 0 N–H and O–H groups in total. The summed E-state index contributed by atoms with van der Waals surface area (Å²) < 4.78 is 21.3. The van der Waals surface area contributed by atoms with E-state index in [0.717, 1.165) is 0 Å². The number of carbonyl (C=O) groups excluding carboxylic acids is 2. The number of hydrogen-bond donors (Lipinski definition) is 0. The van der Waals surface area contributed by atoms with Crippen molar-refractivity contribution >= 4 is 22.7 Å². The summed E-state index contributed by atoms with van der Waals surface area (Å²) in [7, 11) is 4.08. The Bertz CT molecular complexity index is 1090. The third-order valence-electron chi connectivity index (χ3n) is 4.55. The van der Waals surface area contributed by atoms with Crippen LogP contribution < -0.4 is 9.47 Å². The lowest BCUT2D eigenvalue weighted by Crippen LogP contribution is -2.14. The van der Waals surface area contributed by atoms with Gasteiger partial charge in [0.15, 0.2) is 11.5 Å². The number of carbonyl (C=O) groups is 2. The highest BCUT2D eigenvalue weighted by atomic mass is 16.5. The van der Waals surface area contributed by atoms with Crippen molar-refractivity contribution < 1.29 is 28.5 Å². The molecule has 0 saturated heterocycles. The second-order valence-electron chi connectivity index (χ2n) is 6.78. The fourth-order valence-electron chi connectivity index (χ4n) is 3.32. The van der Waals surface area contributed by atoms with E-state index < -0.39 is 11.9 Å².